The second kappa shape index (κ2) is 9.30. The molecule has 24 heavy (non-hydrogen) atoms. The standard InChI is InChI=1S/C19H23ClN2O2/c1-15-4-3-5-18(12-15)24-11-10-21-19(23)14-22(2)13-16-6-8-17(20)9-7-16/h3-9,12H,10-11,13-14H2,1-2H3,(H,21,23)/p+1. The fourth-order valence-electron chi connectivity index (χ4n) is 2.41. The van der Waals surface area contributed by atoms with Crippen LogP contribution in [0.4, 0.5) is 0 Å². The Morgan fingerprint density at radius 2 is 1.96 bits per heavy atom. The van der Waals surface area contributed by atoms with E-state index in [1.165, 1.54) is 0 Å². The van der Waals surface area contributed by atoms with Crippen molar-refractivity contribution >= 4 is 17.5 Å². The summed E-state index contributed by atoms with van der Waals surface area (Å²) in [4.78, 5) is 13.1. The highest BCUT2D eigenvalue weighted by Gasteiger charge is 2.10. The highest BCUT2D eigenvalue weighted by Crippen LogP contribution is 2.11. The molecule has 0 heterocycles. The smallest absolute Gasteiger partial charge is 0.275 e. The maximum atomic E-state index is 12.0. The highest BCUT2D eigenvalue weighted by atomic mass is 35.5. The van der Waals surface area contributed by atoms with Crippen LogP contribution < -0.4 is 15.0 Å². The van der Waals surface area contributed by atoms with Crippen molar-refractivity contribution in [2.24, 2.45) is 0 Å². The predicted molar refractivity (Wildman–Crippen MR) is 96.6 cm³/mol. The molecular formula is C19H24ClN2O2+. The lowest BCUT2D eigenvalue weighted by Crippen LogP contribution is -3.08. The Kier molecular flexibility index (Phi) is 7.09. The Balaban J connectivity index is 1.64. The molecule has 2 aromatic rings. The SMILES string of the molecule is Cc1cccc(OCCNC(=O)C[NH+](C)Cc2ccc(Cl)cc2)c1. The first-order chi connectivity index (χ1) is 11.5. The van der Waals surface area contributed by atoms with Crippen LogP contribution in [0.15, 0.2) is 48.5 Å². The number of rotatable bonds is 8. The molecule has 0 fully saturated rings. The summed E-state index contributed by atoms with van der Waals surface area (Å²) in [6.07, 6.45) is 0. The Labute approximate surface area is 148 Å². The van der Waals surface area contributed by atoms with Crippen molar-refractivity contribution in [3.8, 4) is 5.75 Å². The molecule has 2 rings (SSSR count). The van der Waals surface area contributed by atoms with Crippen LogP contribution in [0, 0.1) is 6.92 Å². The molecule has 0 saturated heterocycles. The van der Waals surface area contributed by atoms with Crippen LogP contribution in [0.1, 0.15) is 11.1 Å². The number of halogens is 1. The predicted octanol–water partition coefficient (Wildman–Crippen LogP) is 1.86. The molecule has 1 atom stereocenters. The van der Waals surface area contributed by atoms with E-state index >= 15 is 0 Å². The lowest BCUT2D eigenvalue weighted by atomic mass is 10.2. The minimum atomic E-state index is 0.0225. The molecular weight excluding hydrogens is 324 g/mol. The topological polar surface area (TPSA) is 42.8 Å². The Bertz CT molecular complexity index is 659. The summed E-state index contributed by atoms with van der Waals surface area (Å²) in [6.45, 7) is 4.19. The second-order valence-electron chi connectivity index (χ2n) is 5.95. The summed E-state index contributed by atoms with van der Waals surface area (Å²) >= 11 is 5.87. The van der Waals surface area contributed by atoms with Crippen molar-refractivity contribution in [1.29, 1.82) is 0 Å². The van der Waals surface area contributed by atoms with Gasteiger partial charge in [-0.25, -0.2) is 0 Å². The summed E-state index contributed by atoms with van der Waals surface area (Å²) in [5.74, 6) is 0.851. The van der Waals surface area contributed by atoms with Crippen molar-refractivity contribution < 1.29 is 14.4 Å². The van der Waals surface area contributed by atoms with Gasteiger partial charge >= 0.3 is 0 Å². The molecule has 4 nitrogen and oxygen atoms in total. The van der Waals surface area contributed by atoms with E-state index in [1.807, 2.05) is 62.5 Å². The number of hydrogen-bond donors (Lipinski definition) is 2. The number of nitrogens with one attached hydrogen (secondary N) is 2. The molecule has 0 saturated carbocycles. The van der Waals surface area contributed by atoms with Crippen molar-refractivity contribution in [1.82, 2.24) is 5.32 Å². The fourth-order valence-corrected chi connectivity index (χ4v) is 2.54. The number of benzene rings is 2. The largest absolute Gasteiger partial charge is 0.492 e. The quantitative estimate of drug-likeness (QED) is 0.716. The summed E-state index contributed by atoms with van der Waals surface area (Å²) in [6, 6.07) is 15.6. The van der Waals surface area contributed by atoms with E-state index in [0.29, 0.717) is 19.7 Å². The van der Waals surface area contributed by atoms with Crippen molar-refractivity contribution in [3.63, 3.8) is 0 Å². The minimum Gasteiger partial charge on any atom is -0.492 e. The molecule has 0 radical (unpaired) electrons. The third-order valence-electron chi connectivity index (χ3n) is 3.56. The van der Waals surface area contributed by atoms with Gasteiger partial charge in [0.15, 0.2) is 6.54 Å². The van der Waals surface area contributed by atoms with Crippen LogP contribution in [-0.4, -0.2) is 32.7 Å². The molecule has 1 amide bonds. The van der Waals surface area contributed by atoms with Gasteiger partial charge in [-0.2, -0.15) is 0 Å². The summed E-state index contributed by atoms with van der Waals surface area (Å²) in [7, 11) is 2.00. The van der Waals surface area contributed by atoms with Crippen molar-refractivity contribution in [2.75, 3.05) is 26.7 Å². The molecule has 0 aliphatic rings. The normalized spacial score (nSPS) is 11.8. The second-order valence-corrected chi connectivity index (χ2v) is 6.39. The number of quaternary nitrogens is 1. The van der Waals surface area contributed by atoms with Crippen molar-refractivity contribution in [2.45, 2.75) is 13.5 Å². The summed E-state index contributed by atoms with van der Waals surface area (Å²) < 4.78 is 5.62. The number of carbonyl (C=O) groups is 1. The average Bonchev–Trinajstić information content (AvgIpc) is 2.54. The third kappa shape index (κ3) is 6.60. The van der Waals surface area contributed by atoms with E-state index in [2.05, 4.69) is 5.32 Å². The lowest BCUT2D eigenvalue weighted by Gasteiger charge is -2.14. The molecule has 0 aromatic heterocycles. The van der Waals surface area contributed by atoms with Crippen LogP contribution in [0.25, 0.3) is 0 Å². The number of carbonyl (C=O) groups excluding carboxylic acids is 1. The van der Waals surface area contributed by atoms with Gasteiger partial charge in [0.1, 0.15) is 18.9 Å². The zero-order valence-corrected chi connectivity index (χ0v) is 14.9. The average molecular weight is 348 g/mol. The molecule has 2 aromatic carbocycles. The van der Waals surface area contributed by atoms with Crippen LogP contribution in [-0.2, 0) is 11.3 Å². The molecule has 0 bridgehead atoms. The maximum absolute atomic E-state index is 12.0. The Morgan fingerprint density at radius 3 is 2.67 bits per heavy atom. The van der Waals surface area contributed by atoms with Gasteiger partial charge in [-0.05, 0) is 36.8 Å². The number of likely N-dealkylation sites (N-methyl/N-ethyl adjacent to an activating group) is 1. The van der Waals surface area contributed by atoms with Crippen molar-refractivity contribution in [3.05, 3.63) is 64.7 Å². The Hall–Kier alpha value is -2.04. The number of amides is 1. The van der Waals surface area contributed by atoms with Gasteiger partial charge in [0.25, 0.3) is 5.91 Å². The molecule has 0 aliphatic carbocycles. The van der Waals surface area contributed by atoms with E-state index < -0.39 is 0 Å². The minimum absolute atomic E-state index is 0.0225. The molecule has 1 unspecified atom stereocenters. The summed E-state index contributed by atoms with van der Waals surface area (Å²) in [5.41, 5.74) is 2.32. The van der Waals surface area contributed by atoms with Gasteiger partial charge in [0, 0.05) is 10.6 Å². The van der Waals surface area contributed by atoms with E-state index in [4.69, 9.17) is 16.3 Å². The van der Waals surface area contributed by atoms with E-state index in [0.717, 1.165) is 33.3 Å². The summed E-state index contributed by atoms with van der Waals surface area (Å²) in [5, 5.41) is 3.61. The van der Waals surface area contributed by atoms with Crippen LogP contribution in [0.3, 0.4) is 0 Å². The molecule has 0 spiro atoms. The van der Waals surface area contributed by atoms with E-state index in [1.54, 1.807) is 0 Å². The zero-order chi connectivity index (χ0) is 17.4. The number of ether oxygens (including phenoxy) is 1. The molecule has 5 heteroatoms. The fraction of sp³-hybridized carbons (Fsp3) is 0.316. The first-order valence-corrected chi connectivity index (χ1v) is 8.42. The van der Waals surface area contributed by atoms with Crippen LogP contribution >= 0.6 is 11.6 Å². The van der Waals surface area contributed by atoms with E-state index in [9.17, 15) is 4.79 Å². The first-order valence-electron chi connectivity index (χ1n) is 8.05. The zero-order valence-electron chi connectivity index (χ0n) is 14.1. The van der Waals surface area contributed by atoms with Crippen LogP contribution in [0.2, 0.25) is 5.02 Å². The molecule has 128 valence electrons. The van der Waals surface area contributed by atoms with Crippen LogP contribution in [0.5, 0.6) is 5.75 Å². The Morgan fingerprint density at radius 1 is 1.21 bits per heavy atom. The first kappa shape index (κ1) is 18.3. The molecule has 2 N–H and O–H groups in total. The lowest BCUT2D eigenvalue weighted by molar-refractivity contribution is -0.885. The maximum Gasteiger partial charge on any atom is 0.275 e. The highest BCUT2D eigenvalue weighted by molar-refractivity contribution is 6.30. The molecule has 0 aliphatic heterocycles. The number of aryl methyl sites for hydroxylation is 1. The van der Waals surface area contributed by atoms with Gasteiger partial charge < -0.3 is 15.0 Å². The van der Waals surface area contributed by atoms with Gasteiger partial charge in [-0.1, -0.05) is 35.9 Å². The van der Waals surface area contributed by atoms with Gasteiger partial charge in [0.05, 0.1) is 13.6 Å². The van der Waals surface area contributed by atoms with Gasteiger partial charge in [0.2, 0.25) is 0 Å². The van der Waals surface area contributed by atoms with Gasteiger partial charge in [-0.15, -0.1) is 0 Å². The monoisotopic (exact) mass is 347 g/mol. The van der Waals surface area contributed by atoms with Gasteiger partial charge in [-0.3, -0.25) is 4.79 Å². The number of hydrogen-bond acceptors (Lipinski definition) is 2. The third-order valence-corrected chi connectivity index (χ3v) is 3.82. The van der Waals surface area contributed by atoms with E-state index in [-0.39, 0.29) is 5.91 Å².